The predicted octanol–water partition coefficient (Wildman–Crippen LogP) is -0.338. The Bertz CT molecular complexity index is 206. The van der Waals surface area contributed by atoms with Crippen LogP contribution in [0, 0.1) is 0 Å². The largest absolute Gasteiger partial charge is 0.464 e. The maximum atomic E-state index is 11.3. The number of likely N-dealkylation sites (N-methyl/N-ethyl adjacent to an activating group) is 1. The van der Waals surface area contributed by atoms with E-state index in [-0.39, 0.29) is 11.9 Å². The van der Waals surface area contributed by atoms with Gasteiger partial charge in [0.25, 0.3) is 0 Å². The van der Waals surface area contributed by atoms with Crippen molar-refractivity contribution in [3.05, 3.63) is 0 Å². The lowest BCUT2D eigenvalue weighted by molar-refractivity contribution is -0.147. The molecule has 2 unspecified atom stereocenters. The molecule has 0 aliphatic carbocycles. The van der Waals surface area contributed by atoms with Crippen LogP contribution in [0.5, 0.6) is 0 Å². The number of ether oxygens (including phenoxy) is 1. The van der Waals surface area contributed by atoms with Crippen LogP contribution in [0.2, 0.25) is 0 Å². The Morgan fingerprint density at radius 2 is 1.86 bits per heavy atom. The Morgan fingerprint density at radius 3 is 2.29 bits per heavy atom. The second-order valence-corrected chi connectivity index (χ2v) is 2.99. The van der Waals surface area contributed by atoms with Gasteiger partial charge in [-0.3, -0.25) is 4.79 Å². The molecule has 0 spiro atoms. The van der Waals surface area contributed by atoms with Gasteiger partial charge in [0.1, 0.15) is 6.04 Å². The molecular weight excluding hydrogens is 184 g/mol. The van der Waals surface area contributed by atoms with Crippen LogP contribution in [0.25, 0.3) is 0 Å². The summed E-state index contributed by atoms with van der Waals surface area (Å²) < 4.78 is 4.74. The topological polar surface area (TPSA) is 67.4 Å². The maximum Gasteiger partial charge on any atom is 0.328 e. The molecule has 2 N–H and O–H groups in total. The highest BCUT2D eigenvalue weighted by Crippen LogP contribution is 1.89. The van der Waals surface area contributed by atoms with Gasteiger partial charge in [0.15, 0.2) is 0 Å². The highest BCUT2D eigenvalue weighted by molar-refractivity contribution is 5.86. The second kappa shape index (κ2) is 6.37. The summed E-state index contributed by atoms with van der Waals surface area (Å²) >= 11 is 0. The molecule has 5 heteroatoms. The van der Waals surface area contributed by atoms with E-state index < -0.39 is 12.0 Å². The molecule has 0 aromatic rings. The Morgan fingerprint density at radius 1 is 1.29 bits per heavy atom. The molecule has 0 aromatic carbocycles. The molecule has 0 aliphatic rings. The van der Waals surface area contributed by atoms with Gasteiger partial charge in [-0.25, -0.2) is 4.79 Å². The van der Waals surface area contributed by atoms with Gasteiger partial charge in [-0.05, 0) is 27.8 Å². The molecule has 0 radical (unpaired) electrons. The molecule has 0 saturated heterocycles. The Kier molecular flexibility index (Phi) is 5.87. The predicted molar refractivity (Wildman–Crippen MR) is 52.8 cm³/mol. The van der Waals surface area contributed by atoms with Crippen molar-refractivity contribution in [2.24, 2.45) is 0 Å². The Balaban J connectivity index is 3.99. The zero-order chi connectivity index (χ0) is 11.1. The molecular formula is C9H18N2O3. The van der Waals surface area contributed by atoms with Crippen LogP contribution in [0.4, 0.5) is 0 Å². The monoisotopic (exact) mass is 202 g/mol. The van der Waals surface area contributed by atoms with Crippen molar-refractivity contribution in [3.63, 3.8) is 0 Å². The van der Waals surface area contributed by atoms with E-state index in [4.69, 9.17) is 4.74 Å². The average Bonchev–Trinajstić information content (AvgIpc) is 2.16. The zero-order valence-electron chi connectivity index (χ0n) is 9.09. The fourth-order valence-electron chi connectivity index (χ4n) is 0.796. The fourth-order valence-corrected chi connectivity index (χ4v) is 0.796. The molecule has 1 amide bonds. The minimum Gasteiger partial charge on any atom is -0.464 e. The summed E-state index contributed by atoms with van der Waals surface area (Å²) in [6.07, 6.45) is 0. The summed E-state index contributed by atoms with van der Waals surface area (Å²) in [5.74, 6) is -0.628. The van der Waals surface area contributed by atoms with Crippen LogP contribution in [-0.2, 0) is 14.3 Å². The second-order valence-electron chi connectivity index (χ2n) is 2.99. The first-order valence-electron chi connectivity index (χ1n) is 4.67. The number of esters is 1. The molecule has 0 aliphatic heterocycles. The summed E-state index contributed by atoms with van der Waals surface area (Å²) in [6.45, 7) is 5.36. The van der Waals surface area contributed by atoms with Crippen molar-refractivity contribution >= 4 is 11.9 Å². The van der Waals surface area contributed by atoms with Crippen LogP contribution in [-0.4, -0.2) is 37.6 Å². The molecule has 14 heavy (non-hydrogen) atoms. The standard InChI is InChI=1S/C9H18N2O3/c1-5-14-9(13)7(3)11-8(12)6(2)10-4/h6-7,10H,5H2,1-4H3,(H,11,12). The molecule has 5 nitrogen and oxygen atoms in total. The lowest BCUT2D eigenvalue weighted by atomic mass is 10.2. The number of rotatable bonds is 5. The van der Waals surface area contributed by atoms with Gasteiger partial charge in [0, 0.05) is 0 Å². The number of nitrogens with one attached hydrogen (secondary N) is 2. The van der Waals surface area contributed by atoms with Gasteiger partial charge >= 0.3 is 5.97 Å². The van der Waals surface area contributed by atoms with Gasteiger partial charge in [0.2, 0.25) is 5.91 Å². The fraction of sp³-hybridized carbons (Fsp3) is 0.778. The molecule has 0 fully saturated rings. The molecule has 0 rings (SSSR count). The van der Waals surface area contributed by atoms with E-state index in [2.05, 4.69) is 10.6 Å². The third kappa shape index (κ3) is 4.23. The van der Waals surface area contributed by atoms with E-state index in [1.807, 2.05) is 0 Å². The molecule has 82 valence electrons. The highest BCUT2D eigenvalue weighted by atomic mass is 16.5. The first kappa shape index (κ1) is 12.9. The van der Waals surface area contributed by atoms with Crippen molar-refractivity contribution in [2.45, 2.75) is 32.9 Å². The van der Waals surface area contributed by atoms with Gasteiger partial charge in [-0.1, -0.05) is 0 Å². The number of hydrogen-bond donors (Lipinski definition) is 2. The minimum atomic E-state index is -0.599. The Hall–Kier alpha value is -1.10. The van der Waals surface area contributed by atoms with Crippen molar-refractivity contribution in [3.8, 4) is 0 Å². The minimum absolute atomic E-state index is 0.215. The van der Waals surface area contributed by atoms with E-state index in [9.17, 15) is 9.59 Å². The molecule has 2 atom stereocenters. The van der Waals surface area contributed by atoms with Crippen LogP contribution in [0.15, 0.2) is 0 Å². The SMILES string of the molecule is CCOC(=O)C(C)NC(=O)C(C)NC. The number of carbonyl (C=O) groups excluding carboxylic acids is 2. The highest BCUT2D eigenvalue weighted by Gasteiger charge is 2.18. The molecule has 0 bridgehead atoms. The van der Waals surface area contributed by atoms with Gasteiger partial charge in [0.05, 0.1) is 12.6 Å². The maximum absolute atomic E-state index is 11.3. The number of hydrogen-bond acceptors (Lipinski definition) is 4. The summed E-state index contributed by atoms with van der Waals surface area (Å²) in [7, 11) is 1.68. The van der Waals surface area contributed by atoms with Crippen molar-refractivity contribution in [2.75, 3.05) is 13.7 Å². The molecule has 0 heterocycles. The summed E-state index contributed by atoms with van der Waals surface area (Å²) in [5.41, 5.74) is 0. The van der Waals surface area contributed by atoms with Crippen molar-refractivity contribution in [1.29, 1.82) is 0 Å². The number of amides is 1. The lowest BCUT2D eigenvalue weighted by Crippen LogP contribution is -2.47. The van der Waals surface area contributed by atoms with E-state index in [1.165, 1.54) is 0 Å². The van der Waals surface area contributed by atoms with E-state index >= 15 is 0 Å². The third-order valence-corrected chi connectivity index (χ3v) is 1.83. The summed E-state index contributed by atoms with van der Waals surface area (Å²) in [6, 6.07) is -0.912. The average molecular weight is 202 g/mol. The van der Waals surface area contributed by atoms with Gasteiger partial charge < -0.3 is 15.4 Å². The molecule has 0 saturated carbocycles. The van der Waals surface area contributed by atoms with Crippen LogP contribution in [0.1, 0.15) is 20.8 Å². The summed E-state index contributed by atoms with van der Waals surface area (Å²) in [5, 5.41) is 5.32. The smallest absolute Gasteiger partial charge is 0.328 e. The van der Waals surface area contributed by atoms with Crippen LogP contribution < -0.4 is 10.6 Å². The van der Waals surface area contributed by atoms with Crippen molar-refractivity contribution < 1.29 is 14.3 Å². The van der Waals surface area contributed by atoms with Gasteiger partial charge in [-0.2, -0.15) is 0 Å². The quantitative estimate of drug-likeness (QED) is 0.599. The lowest BCUT2D eigenvalue weighted by Gasteiger charge is -2.15. The van der Waals surface area contributed by atoms with Gasteiger partial charge in [-0.15, -0.1) is 0 Å². The van der Waals surface area contributed by atoms with E-state index in [0.29, 0.717) is 6.61 Å². The molecule has 0 aromatic heterocycles. The van der Waals surface area contributed by atoms with Crippen LogP contribution in [0.3, 0.4) is 0 Å². The van der Waals surface area contributed by atoms with Crippen molar-refractivity contribution in [1.82, 2.24) is 10.6 Å². The Labute approximate surface area is 84.2 Å². The van der Waals surface area contributed by atoms with Crippen LogP contribution >= 0.6 is 0 Å². The first-order valence-corrected chi connectivity index (χ1v) is 4.67. The zero-order valence-corrected chi connectivity index (χ0v) is 9.09. The summed E-state index contributed by atoms with van der Waals surface area (Å²) in [4.78, 5) is 22.4. The normalized spacial score (nSPS) is 14.3. The first-order chi connectivity index (χ1) is 6.52. The number of carbonyl (C=O) groups is 2. The van der Waals surface area contributed by atoms with E-state index in [1.54, 1.807) is 27.8 Å². The van der Waals surface area contributed by atoms with E-state index in [0.717, 1.165) is 0 Å². The third-order valence-electron chi connectivity index (χ3n) is 1.83.